The van der Waals surface area contributed by atoms with Gasteiger partial charge in [0.15, 0.2) is 0 Å². The van der Waals surface area contributed by atoms with Crippen molar-refractivity contribution in [2.75, 3.05) is 13.1 Å². The quantitative estimate of drug-likeness (QED) is 0.823. The van der Waals surface area contributed by atoms with E-state index in [0.29, 0.717) is 5.92 Å². The molecule has 0 amide bonds. The first kappa shape index (κ1) is 11.5. The molecule has 1 aromatic carbocycles. The van der Waals surface area contributed by atoms with E-state index in [1.807, 2.05) is 0 Å². The first-order valence-electron chi connectivity index (χ1n) is 6.77. The number of hydrogen-bond donors (Lipinski definition) is 2. The lowest BCUT2D eigenvalue weighted by Gasteiger charge is -2.14. The Hall–Kier alpha value is -1.54. The Morgan fingerprint density at radius 3 is 2.83 bits per heavy atom. The Labute approximate surface area is 108 Å². The van der Waals surface area contributed by atoms with E-state index in [0.717, 1.165) is 19.5 Å². The van der Waals surface area contributed by atoms with Crippen LogP contribution in [0.1, 0.15) is 37.3 Å². The van der Waals surface area contributed by atoms with Gasteiger partial charge in [-0.2, -0.15) is 0 Å². The molecule has 0 saturated heterocycles. The number of hydrogen-bond acceptors (Lipinski definition) is 1. The second-order valence-electron chi connectivity index (χ2n) is 5.36. The molecule has 1 aliphatic heterocycles. The van der Waals surface area contributed by atoms with Gasteiger partial charge in [-0.05, 0) is 42.2 Å². The van der Waals surface area contributed by atoms with Crippen LogP contribution in [0.2, 0.25) is 0 Å². The van der Waals surface area contributed by atoms with Crippen LogP contribution in [0.15, 0.2) is 30.5 Å². The molecule has 0 spiro atoms. The number of aromatic amines is 1. The molecular weight excluding hydrogens is 220 g/mol. The lowest BCUT2D eigenvalue weighted by Crippen LogP contribution is -2.21. The van der Waals surface area contributed by atoms with Crippen LogP contribution in [0.3, 0.4) is 0 Å². The van der Waals surface area contributed by atoms with Crippen LogP contribution in [-0.2, 0) is 0 Å². The number of benzene rings is 1. The van der Waals surface area contributed by atoms with Crippen molar-refractivity contribution in [2.45, 2.75) is 26.2 Å². The summed E-state index contributed by atoms with van der Waals surface area (Å²) in [5.41, 5.74) is 5.43. The van der Waals surface area contributed by atoms with Crippen molar-refractivity contribution >= 4 is 16.5 Å². The van der Waals surface area contributed by atoms with Gasteiger partial charge in [0, 0.05) is 29.2 Å². The average molecular weight is 240 g/mol. The highest BCUT2D eigenvalue weighted by molar-refractivity contribution is 5.93. The minimum absolute atomic E-state index is 0.579. The summed E-state index contributed by atoms with van der Waals surface area (Å²) in [6, 6.07) is 6.76. The molecule has 2 heterocycles. The summed E-state index contributed by atoms with van der Waals surface area (Å²) in [6.45, 7) is 6.58. The van der Waals surface area contributed by atoms with E-state index in [-0.39, 0.29) is 0 Å². The fraction of sp³-hybridized carbons (Fsp3) is 0.375. The van der Waals surface area contributed by atoms with Gasteiger partial charge in [0.05, 0.1) is 0 Å². The van der Waals surface area contributed by atoms with Crippen LogP contribution in [0.25, 0.3) is 16.5 Å². The molecule has 0 fully saturated rings. The summed E-state index contributed by atoms with van der Waals surface area (Å²) in [4.78, 5) is 3.38. The largest absolute Gasteiger partial charge is 0.361 e. The SMILES string of the molecule is CC(C)c1ccc2[nH]cc(C3=CCCNC3)c2c1. The molecule has 0 bridgehead atoms. The van der Waals surface area contributed by atoms with Gasteiger partial charge in [0.25, 0.3) is 0 Å². The van der Waals surface area contributed by atoms with Gasteiger partial charge < -0.3 is 10.3 Å². The highest BCUT2D eigenvalue weighted by atomic mass is 14.9. The molecule has 0 aliphatic carbocycles. The smallest absolute Gasteiger partial charge is 0.0460 e. The Balaban J connectivity index is 2.11. The van der Waals surface area contributed by atoms with Gasteiger partial charge in [-0.1, -0.05) is 26.0 Å². The molecule has 18 heavy (non-hydrogen) atoms. The van der Waals surface area contributed by atoms with Gasteiger partial charge in [0.1, 0.15) is 0 Å². The second-order valence-corrected chi connectivity index (χ2v) is 5.36. The number of aromatic nitrogens is 1. The van der Waals surface area contributed by atoms with Crippen LogP contribution in [0.4, 0.5) is 0 Å². The number of nitrogens with one attached hydrogen (secondary N) is 2. The van der Waals surface area contributed by atoms with E-state index in [4.69, 9.17) is 0 Å². The fourth-order valence-electron chi connectivity index (χ4n) is 2.61. The molecule has 3 rings (SSSR count). The van der Waals surface area contributed by atoms with E-state index in [1.54, 1.807) is 0 Å². The third kappa shape index (κ3) is 1.97. The zero-order valence-corrected chi connectivity index (χ0v) is 11.1. The zero-order valence-electron chi connectivity index (χ0n) is 11.1. The summed E-state index contributed by atoms with van der Waals surface area (Å²) in [6.07, 6.45) is 5.64. The van der Waals surface area contributed by atoms with Crippen LogP contribution in [0, 0.1) is 0 Å². The predicted molar refractivity (Wildman–Crippen MR) is 77.9 cm³/mol. The second kappa shape index (κ2) is 4.62. The van der Waals surface area contributed by atoms with Crippen LogP contribution in [-0.4, -0.2) is 18.1 Å². The fourth-order valence-corrected chi connectivity index (χ4v) is 2.61. The lowest BCUT2D eigenvalue weighted by atomic mass is 9.97. The maximum absolute atomic E-state index is 3.44. The van der Waals surface area contributed by atoms with E-state index < -0.39 is 0 Å². The maximum atomic E-state index is 3.44. The first-order valence-corrected chi connectivity index (χ1v) is 6.77. The minimum atomic E-state index is 0.579. The molecule has 94 valence electrons. The molecule has 2 nitrogen and oxygen atoms in total. The summed E-state index contributed by atoms with van der Waals surface area (Å²) in [7, 11) is 0. The summed E-state index contributed by atoms with van der Waals surface area (Å²) < 4.78 is 0. The third-order valence-corrected chi connectivity index (χ3v) is 3.75. The highest BCUT2D eigenvalue weighted by Crippen LogP contribution is 2.28. The van der Waals surface area contributed by atoms with Crippen molar-refractivity contribution in [1.29, 1.82) is 0 Å². The van der Waals surface area contributed by atoms with E-state index >= 15 is 0 Å². The Bertz CT molecular complexity index is 590. The molecule has 1 aliphatic rings. The summed E-state index contributed by atoms with van der Waals surface area (Å²) in [5, 5.41) is 4.80. The van der Waals surface area contributed by atoms with Crippen LogP contribution < -0.4 is 5.32 Å². The molecule has 0 unspecified atom stereocenters. The topological polar surface area (TPSA) is 27.8 Å². The van der Waals surface area contributed by atoms with Crippen LogP contribution in [0.5, 0.6) is 0 Å². The van der Waals surface area contributed by atoms with E-state index in [2.05, 4.69) is 54.6 Å². The van der Waals surface area contributed by atoms with E-state index in [9.17, 15) is 0 Å². The third-order valence-electron chi connectivity index (χ3n) is 3.75. The van der Waals surface area contributed by atoms with Gasteiger partial charge in [-0.25, -0.2) is 0 Å². The van der Waals surface area contributed by atoms with Crippen molar-refractivity contribution in [3.63, 3.8) is 0 Å². The number of fused-ring (bicyclic) bond motifs is 1. The predicted octanol–water partition coefficient (Wildman–Crippen LogP) is 3.67. The monoisotopic (exact) mass is 240 g/mol. The normalized spacial score (nSPS) is 16.3. The lowest BCUT2D eigenvalue weighted by molar-refractivity contribution is 0.739. The van der Waals surface area contributed by atoms with Crippen molar-refractivity contribution in [3.05, 3.63) is 41.6 Å². The molecule has 2 heteroatoms. The Morgan fingerprint density at radius 1 is 1.22 bits per heavy atom. The van der Waals surface area contributed by atoms with Crippen LogP contribution >= 0.6 is 0 Å². The summed E-state index contributed by atoms with van der Waals surface area (Å²) >= 11 is 0. The Kier molecular flexibility index (Phi) is 2.96. The van der Waals surface area contributed by atoms with Crippen molar-refractivity contribution in [2.24, 2.45) is 0 Å². The molecule has 0 saturated carbocycles. The molecule has 0 radical (unpaired) electrons. The summed E-state index contributed by atoms with van der Waals surface area (Å²) in [5.74, 6) is 0.579. The van der Waals surface area contributed by atoms with Gasteiger partial charge in [0.2, 0.25) is 0 Å². The average Bonchev–Trinajstić information content (AvgIpc) is 2.82. The number of H-pyrrole nitrogens is 1. The minimum Gasteiger partial charge on any atom is -0.361 e. The van der Waals surface area contributed by atoms with Crippen molar-refractivity contribution < 1.29 is 0 Å². The molecule has 2 N–H and O–H groups in total. The first-order chi connectivity index (χ1) is 8.75. The molecule has 2 aromatic rings. The zero-order chi connectivity index (χ0) is 12.5. The van der Waals surface area contributed by atoms with Crippen molar-refractivity contribution in [3.8, 4) is 0 Å². The van der Waals surface area contributed by atoms with Gasteiger partial charge >= 0.3 is 0 Å². The number of rotatable bonds is 2. The van der Waals surface area contributed by atoms with E-state index in [1.165, 1.54) is 27.6 Å². The van der Waals surface area contributed by atoms with Gasteiger partial charge in [-0.15, -0.1) is 0 Å². The van der Waals surface area contributed by atoms with Gasteiger partial charge in [-0.3, -0.25) is 0 Å². The molecular formula is C16H20N2. The standard InChI is InChI=1S/C16H20N2/c1-11(2)12-5-6-16-14(8-12)15(10-18-16)13-4-3-7-17-9-13/h4-6,8,10-11,17-18H,3,7,9H2,1-2H3. The molecule has 0 atom stereocenters. The maximum Gasteiger partial charge on any atom is 0.0460 e. The highest BCUT2D eigenvalue weighted by Gasteiger charge is 2.11. The Morgan fingerprint density at radius 2 is 2.11 bits per heavy atom. The van der Waals surface area contributed by atoms with Crippen molar-refractivity contribution in [1.82, 2.24) is 10.3 Å². The molecule has 1 aromatic heterocycles.